The van der Waals surface area contributed by atoms with Crippen LogP contribution < -0.4 is 0 Å². The van der Waals surface area contributed by atoms with E-state index in [0.29, 0.717) is 0 Å². The van der Waals surface area contributed by atoms with E-state index in [-0.39, 0.29) is 6.10 Å². The van der Waals surface area contributed by atoms with Crippen molar-refractivity contribution < 1.29 is 5.11 Å². The third-order valence-electron chi connectivity index (χ3n) is 4.75. The highest BCUT2D eigenvalue weighted by atomic mass is 16.3. The van der Waals surface area contributed by atoms with Crippen LogP contribution >= 0.6 is 0 Å². The molecular formula is C13H24O. The third-order valence-corrected chi connectivity index (χ3v) is 4.75. The summed E-state index contributed by atoms with van der Waals surface area (Å²) in [6.07, 6.45) is 7.71. The summed E-state index contributed by atoms with van der Waals surface area (Å²) in [5, 5.41) is 9.55. The molecule has 0 saturated heterocycles. The summed E-state index contributed by atoms with van der Waals surface area (Å²) >= 11 is 0. The molecule has 2 fully saturated rings. The van der Waals surface area contributed by atoms with Gasteiger partial charge in [0.25, 0.3) is 0 Å². The zero-order valence-electron chi connectivity index (χ0n) is 9.58. The summed E-state index contributed by atoms with van der Waals surface area (Å²) < 4.78 is 0. The SMILES string of the molecule is CC1CCC(C2CCC(O)C2)CC1C. The smallest absolute Gasteiger partial charge is 0.0543 e. The molecule has 2 aliphatic rings. The fourth-order valence-corrected chi connectivity index (χ4v) is 3.44. The van der Waals surface area contributed by atoms with Gasteiger partial charge in [-0.1, -0.05) is 20.3 Å². The second kappa shape index (κ2) is 4.22. The third kappa shape index (κ3) is 2.13. The Bertz CT molecular complexity index is 190. The van der Waals surface area contributed by atoms with Crippen molar-refractivity contribution in [3.05, 3.63) is 0 Å². The maximum absolute atomic E-state index is 9.55. The number of rotatable bonds is 1. The topological polar surface area (TPSA) is 20.2 Å². The van der Waals surface area contributed by atoms with Crippen LogP contribution in [0.3, 0.4) is 0 Å². The molecule has 0 aromatic rings. The highest BCUT2D eigenvalue weighted by Crippen LogP contribution is 2.42. The molecule has 0 amide bonds. The van der Waals surface area contributed by atoms with Crippen LogP contribution in [0, 0.1) is 23.7 Å². The maximum atomic E-state index is 9.55. The van der Waals surface area contributed by atoms with E-state index >= 15 is 0 Å². The lowest BCUT2D eigenvalue weighted by Gasteiger charge is -2.35. The Balaban J connectivity index is 1.87. The Morgan fingerprint density at radius 1 is 0.786 bits per heavy atom. The monoisotopic (exact) mass is 196 g/mol. The van der Waals surface area contributed by atoms with Crippen LogP contribution in [0.1, 0.15) is 52.4 Å². The molecular weight excluding hydrogens is 172 g/mol. The molecule has 0 radical (unpaired) electrons. The minimum absolute atomic E-state index is 0.0228. The van der Waals surface area contributed by atoms with Crippen LogP contribution in [0.5, 0.6) is 0 Å². The van der Waals surface area contributed by atoms with Crippen LogP contribution in [0.2, 0.25) is 0 Å². The molecule has 0 aliphatic heterocycles. The van der Waals surface area contributed by atoms with Gasteiger partial charge in [-0.3, -0.25) is 0 Å². The second-order valence-corrected chi connectivity index (χ2v) is 5.75. The molecule has 0 spiro atoms. The fraction of sp³-hybridized carbons (Fsp3) is 1.00. The standard InChI is InChI=1S/C13H24O/c1-9-3-4-11(7-10(9)2)12-5-6-13(14)8-12/h9-14H,3-8H2,1-2H3. The van der Waals surface area contributed by atoms with E-state index in [1.165, 1.54) is 25.7 Å². The number of hydrogen-bond acceptors (Lipinski definition) is 1. The average molecular weight is 196 g/mol. The lowest BCUT2D eigenvalue weighted by molar-refractivity contribution is 0.135. The van der Waals surface area contributed by atoms with Gasteiger partial charge >= 0.3 is 0 Å². The Morgan fingerprint density at radius 3 is 2.00 bits per heavy atom. The first kappa shape index (κ1) is 10.5. The van der Waals surface area contributed by atoms with Crippen LogP contribution in [-0.2, 0) is 0 Å². The van der Waals surface area contributed by atoms with Crippen molar-refractivity contribution in [3.8, 4) is 0 Å². The quantitative estimate of drug-likeness (QED) is 0.682. The predicted molar refractivity (Wildman–Crippen MR) is 59.0 cm³/mol. The highest BCUT2D eigenvalue weighted by molar-refractivity contribution is 4.85. The summed E-state index contributed by atoms with van der Waals surface area (Å²) in [5.74, 6) is 3.61. The van der Waals surface area contributed by atoms with E-state index in [1.807, 2.05) is 0 Å². The van der Waals surface area contributed by atoms with Crippen molar-refractivity contribution in [2.45, 2.75) is 58.5 Å². The first-order valence-corrected chi connectivity index (χ1v) is 6.35. The van der Waals surface area contributed by atoms with Gasteiger partial charge in [-0.2, -0.15) is 0 Å². The first-order chi connectivity index (χ1) is 6.66. The summed E-state index contributed by atoms with van der Waals surface area (Å²) in [6, 6.07) is 0. The molecule has 1 N–H and O–H groups in total. The van der Waals surface area contributed by atoms with Gasteiger partial charge in [-0.15, -0.1) is 0 Å². The molecule has 82 valence electrons. The zero-order valence-corrected chi connectivity index (χ0v) is 9.58. The van der Waals surface area contributed by atoms with Gasteiger partial charge in [0.2, 0.25) is 0 Å². The predicted octanol–water partition coefficient (Wildman–Crippen LogP) is 3.22. The van der Waals surface area contributed by atoms with Gasteiger partial charge in [-0.25, -0.2) is 0 Å². The Hall–Kier alpha value is -0.0400. The van der Waals surface area contributed by atoms with Gasteiger partial charge in [0, 0.05) is 0 Å². The van der Waals surface area contributed by atoms with Crippen molar-refractivity contribution in [1.82, 2.24) is 0 Å². The summed E-state index contributed by atoms with van der Waals surface area (Å²) in [5.41, 5.74) is 0. The van der Waals surface area contributed by atoms with E-state index in [1.54, 1.807) is 0 Å². The van der Waals surface area contributed by atoms with Crippen LogP contribution in [0.15, 0.2) is 0 Å². The van der Waals surface area contributed by atoms with Crippen molar-refractivity contribution in [2.24, 2.45) is 23.7 Å². The highest BCUT2D eigenvalue weighted by Gasteiger charge is 2.34. The van der Waals surface area contributed by atoms with Gasteiger partial charge in [0.15, 0.2) is 0 Å². The van der Waals surface area contributed by atoms with Crippen LogP contribution in [0.4, 0.5) is 0 Å². The van der Waals surface area contributed by atoms with Crippen LogP contribution in [-0.4, -0.2) is 11.2 Å². The van der Waals surface area contributed by atoms with Crippen molar-refractivity contribution >= 4 is 0 Å². The van der Waals surface area contributed by atoms with Gasteiger partial charge in [-0.05, 0) is 55.8 Å². The second-order valence-electron chi connectivity index (χ2n) is 5.75. The number of aliphatic hydroxyl groups excluding tert-OH is 1. The summed E-state index contributed by atoms with van der Waals surface area (Å²) in [7, 11) is 0. The molecule has 0 bridgehead atoms. The zero-order chi connectivity index (χ0) is 10.1. The minimum atomic E-state index is 0.0228. The van der Waals surface area contributed by atoms with Gasteiger partial charge in [0.1, 0.15) is 0 Å². The first-order valence-electron chi connectivity index (χ1n) is 6.35. The summed E-state index contributed by atoms with van der Waals surface area (Å²) in [6.45, 7) is 4.80. The molecule has 0 aromatic heterocycles. The molecule has 2 rings (SSSR count). The average Bonchev–Trinajstić information content (AvgIpc) is 2.57. The molecule has 5 unspecified atom stereocenters. The normalized spacial score (nSPS) is 49.5. The lowest BCUT2D eigenvalue weighted by Crippen LogP contribution is -2.25. The molecule has 14 heavy (non-hydrogen) atoms. The number of aliphatic hydroxyl groups is 1. The fourth-order valence-electron chi connectivity index (χ4n) is 3.44. The molecule has 0 heterocycles. The van der Waals surface area contributed by atoms with E-state index in [4.69, 9.17) is 0 Å². The van der Waals surface area contributed by atoms with Crippen molar-refractivity contribution in [1.29, 1.82) is 0 Å². The molecule has 1 nitrogen and oxygen atoms in total. The molecule has 2 aliphatic carbocycles. The maximum Gasteiger partial charge on any atom is 0.0543 e. The van der Waals surface area contributed by atoms with Crippen LogP contribution in [0.25, 0.3) is 0 Å². The molecule has 2 saturated carbocycles. The van der Waals surface area contributed by atoms with Crippen molar-refractivity contribution in [3.63, 3.8) is 0 Å². The van der Waals surface area contributed by atoms with E-state index in [0.717, 1.165) is 36.5 Å². The summed E-state index contributed by atoms with van der Waals surface area (Å²) in [4.78, 5) is 0. The lowest BCUT2D eigenvalue weighted by atomic mass is 9.71. The van der Waals surface area contributed by atoms with Gasteiger partial charge < -0.3 is 5.11 Å². The Morgan fingerprint density at radius 2 is 1.43 bits per heavy atom. The van der Waals surface area contributed by atoms with Crippen molar-refractivity contribution in [2.75, 3.05) is 0 Å². The minimum Gasteiger partial charge on any atom is -0.393 e. The largest absolute Gasteiger partial charge is 0.393 e. The Kier molecular flexibility index (Phi) is 3.16. The molecule has 0 aromatic carbocycles. The molecule has 1 heteroatoms. The Labute approximate surface area is 87.9 Å². The van der Waals surface area contributed by atoms with E-state index in [9.17, 15) is 5.11 Å². The number of hydrogen-bond donors (Lipinski definition) is 1. The van der Waals surface area contributed by atoms with Gasteiger partial charge in [0.05, 0.1) is 6.10 Å². The van der Waals surface area contributed by atoms with E-state index in [2.05, 4.69) is 13.8 Å². The van der Waals surface area contributed by atoms with E-state index < -0.39 is 0 Å². The molecule has 5 atom stereocenters.